The molecule has 1 aliphatic heterocycles. The Morgan fingerprint density at radius 1 is 1.00 bits per heavy atom. The van der Waals surface area contributed by atoms with Crippen LogP contribution in [-0.2, 0) is 0 Å². The molecule has 104 valence electrons. The average Bonchev–Trinajstić information content (AvgIpc) is 3.27. The first-order valence-electron chi connectivity index (χ1n) is 6.47. The minimum Gasteiger partial charge on any atom is -0.493 e. The highest BCUT2D eigenvalue weighted by Crippen LogP contribution is 2.42. The highest BCUT2D eigenvalue weighted by atomic mass is 35.5. The fraction of sp³-hybridized carbons (Fsp3) is 0.250. The van der Waals surface area contributed by atoms with Crippen LogP contribution in [0.4, 0.5) is 5.69 Å². The van der Waals surface area contributed by atoms with Gasteiger partial charge >= 0.3 is 0 Å². The highest BCUT2D eigenvalue weighted by molar-refractivity contribution is 6.30. The summed E-state index contributed by atoms with van der Waals surface area (Å²) in [5, 5.41) is 0.762. The molecule has 0 radical (unpaired) electrons. The van der Waals surface area contributed by atoms with Crippen LogP contribution in [0.25, 0.3) is 0 Å². The van der Waals surface area contributed by atoms with E-state index in [4.69, 9.17) is 21.1 Å². The smallest absolute Gasteiger partial charge is 0.161 e. The molecule has 0 amide bonds. The second kappa shape index (κ2) is 5.25. The van der Waals surface area contributed by atoms with Gasteiger partial charge in [0, 0.05) is 17.3 Å². The molecule has 0 N–H and O–H groups in total. The van der Waals surface area contributed by atoms with Crippen LogP contribution in [0.3, 0.4) is 0 Å². The molecule has 3 nitrogen and oxygen atoms in total. The lowest BCUT2D eigenvalue weighted by atomic mass is 10.1. The van der Waals surface area contributed by atoms with Crippen LogP contribution in [0.5, 0.6) is 11.5 Å². The lowest BCUT2D eigenvalue weighted by Gasteiger charge is -2.10. The molecule has 0 aliphatic carbocycles. The normalized spacial score (nSPS) is 16.9. The zero-order valence-electron chi connectivity index (χ0n) is 11.5. The van der Waals surface area contributed by atoms with Crippen molar-refractivity contribution < 1.29 is 9.47 Å². The van der Waals surface area contributed by atoms with Gasteiger partial charge in [-0.05, 0) is 42.0 Å². The van der Waals surface area contributed by atoms with E-state index in [0.29, 0.717) is 6.04 Å². The monoisotopic (exact) mass is 289 g/mol. The van der Waals surface area contributed by atoms with E-state index in [1.54, 1.807) is 14.2 Å². The lowest BCUT2D eigenvalue weighted by molar-refractivity contribution is 0.354. The molecule has 4 heteroatoms. The summed E-state index contributed by atoms with van der Waals surface area (Å²) in [5.74, 6) is 1.53. The van der Waals surface area contributed by atoms with E-state index in [2.05, 4.69) is 11.0 Å². The van der Waals surface area contributed by atoms with Gasteiger partial charge in [0.25, 0.3) is 0 Å². The Morgan fingerprint density at radius 3 is 2.35 bits per heavy atom. The zero-order chi connectivity index (χ0) is 14.1. The van der Waals surface area contributed by atoms with Gasteiger partial charge in [-0.3, -0.25) is 0 Å². The summed E-state index contributed by atoms with van der Waals surface area (Å²) in [6.07, 6.45) is 0. The molecule has 1 aliphatic rings. The van der Waals surface area contributed by atoms with Gasteiger partial charge in [-0.2, -0.15) is 0 Å². The number of methoxy groups -OCH3 is 2. The number of benzene rings is 2. The Bertz CT molecular complexity index is 612. The summed E-state index contributed by atoms with van der Waals surface area (Å²) in [4.78, 5) is 2.32. The summed E-state index contributed by atoms with van der Waals surface area (Å²) >= 11 is 5.91. The van der Waals surface area contributed by atoms with Crippen molar-refractivity contribution in [2.24, 2.45) is 0 Å². The average molecular weight is 290 g/mol. The fourth-order valence-electron chi connectivity index (χ4n) is 2.40. The molecular formula is C16H16ClNO2. The second-order valence-electron chi connectivity index (χ2n) is 4.76. The third-order valence-corrected chi connectivity index (χ3v) is 3.81. The molecule has 1 heterocycles. The van der Waals surface area contributed by atoms with Crippen LogP contribution in [0, 0.1) is 0 Å². The van der Waals surface area contributed by atoms with Crippen LogP contribution < -0.4 is 14.4 Å². The fourth-order valence-corrected chi connectivity index (χ4v) is 2.53. The Hall–Kier alpha value is -1.87. The van der Waals surface area contributed by atoms with Gasteiger partial charge in [0.15, 0.2) is 11.5 Å². The van der Waals surface area contributed by atoms with Gasteiger partial charge in [0.2, 0.25) is 0 Å². The number of hydrogen-bond donors (Lipinski definition) is 0. The van der Waals surface area contributed by atoms with Crippen molar-refractivity contribution >= 4 is 17.3 Å². The maximum absolute atomic E-state index is 5.91. The van der Waals surface area contributed by atoms with Gasteiger partial charge in [-0.1, -0.05) is 17.7 Å². The topological polar surface area (TPSA) is 21.5 Å². The van der Waals surface area contributed by atoms with Crippen molar-refractivity contribution in [1.29, 1.82) is 0 Å². The minimum atomic E-state index is 0.399. The molecule has 0 bridgehead atoms. The van der Waals surface area contributed by atoms with E-state index in [1.807, 2.05) is 36.4 Å². The maximum atomic E-state index is 5.91. The quantitative estimate of drug-likeness (QED) is 0.796. The van der Waals surface area contributed by atoms with Crippen LogP contribution in [0.1, 0.15) is 11.6 Å². The number of halogens is 1. The van der Waals surface area contributed by atoms with Crippen LogP contribution in [0.15, 0.2) is 42.5 Å². The Labute approximate surface area is 123 Å². The molecule has 20 heavy (non-hydrogen) atoms. The third-order valence-electron chi connectivity index (χ3n) is 3.56. The maximum Gasteiger partial charge on any atom is 0.161 e. The molecule has 0 saturated carbocycles. The number of nitrogens with zero attached hydrogens (tertiary/aromatic N) is 1. The van der Waals surface area contributed by atoms with Crippen molar-refractivity contribution in [1.82, 2.24) is 0 Å². The van der Waals surface area contributed by atoms with Crippen LogP contribution in [0.2, 0.25) is 5.02 Å². The third kappa shape index (κ3) is 2.41. The van der Waals surface area contributed by atoms with Gasteiger partial charge in [-0.25, -0.2) is 0 Å². The predicted octanol–water partition coefficient (Wildman–Crippen LogP) is 3.92. The van der Waals surface area contributed by atoms with E-state index < -0.39 is 0 Å². The molecule has 0 spiro atoms. The molecule has 1 unspecified atom stereocenters. The zero-order valence-corrected chi connectivity index (χ0v) is 12.2. The molecule has 3 rings (SSSR count). The van der Waals surface area contributed by atoms with Crippen molar-refractivity contribution in [3.8, 4) is 11.5 Å². The summed E-state index contributed by atoms with van der Waals surface area (Å²) in [5.41, 5.74) is 2.42. The van der Waals surface area contributed by atoms with E-state index in [-0.39, 0.29) is 0 Å². The summed E-state index contributed by atoms with van der Waals surface area (Å²) in [6, 6.07) is 14.4. The molecule has 2 aromatic rings. The lowest BCUT2D eigenvalue weighted by Crippen LogP contribution is -1.96. The van der Waals surface area contributed by atoms with Crippen molar-refractivity contribution in [3.63, 3.8) is 0 Å². The first-order valence-corrected chi connectivity index (χ1v) is 6.85. The predicted molar refractivity (Wildman–Crippen MR) is 81.1 cm³/mol. The standard InChI is InChI=1S/C16H16ClNO2/c1-19-15-8-3-11(9-16(15)20-2)14-10-18(14)13-6-4-12(17)5-7-13/h3-9,14H,10H2,1-2H3. The second-order valence-corrected chi connectivity index (χ2v) is 5.20. The van der Waals surface area contributed by atoms with E-state index >= 15 is 0 Å². The molecular weight excluding hydrogens is 274 g/mol. The summed E-state index contributed by atoms with van der Waals surface area (Å²) in [6.45, 7) is 1.01. The Balaban J connectivity index is 1.80. The Morgan fingerprint density at radius 2 is 1.70 bits per heavy atom. The largest absolute Gasteiger partial charge is 0.493 e. The molecule has 1 fully saturated rings. The highest BCUT2D eigenvalue weighted by Gasteiger charge is 2.35. The molecule has 1 saturated heterocycles. The Kier molecular flexibility index (Phi) is 3.45. The van der Waals surface area contributed by atoms with E-state index in [0.717, 1.165) is 23.1 Å². The van der Waals surface area contributed by atoms with E-state index in [9.17, 15) is 0 Å². The first kappa shape index (κ1) is 13.1. The molecule has 2 aromatic carbocycles. The van der Waals surface area contributed by atoms with Gasteiger partial charge < -0.3 is 14.4 Å². The van der Waals surface area contributed by atoms with Gasteiger partial charge in [0.1, 0.15) is 0 Å². The number of anilines is 1. The van der Waals surface area contributed by atoms with Crippen molar-refractivity contribution in [2.75, 3.05) is 25.7 Å². The minimum absolute atomic E-state index is 0.399. The van der Waals surface area contributed by atoms with Gasteiger partial charge in [0.05, 0.1) is 20.3 Å². The first-order chi connectivity index (χ1) is 9.72. The molecule has 1 atom stereocenters. The molecule has 0 aromatic heterocycles. The summed E-state index contributed by atoms with van der Waals surface area (Å²) in [7, 11) is 3.31. The van der Waals surface area contributed by atoms with Crippen molar-refractivity contribution in [2.45, 2.75) is 6.04 Å². The van der Waals surface area contributed by atoms with E-state index in [1.165, 1.54) is 11.3 Å². The summed E-state index contributed by atoms with van der Waals surface area (Å²) < 4.78 is 10.6. The number of rotatable bonds is 4. The van der Waals surface area contributed by atoms with Gasteiger partial charge in [-0.15, -0.1) is 0 Å². The van der Waals surface area contributed by atoms with Crippen molar-refractivity contribution in [3.05, 3.63) is 53.1 Å². The van der Waals surface area contributed by atoms with Crippen LogP contribution >= 0.6 is 11.6 Å². The van der Waals surface area contributed by atoms with Crippen LogP contribution in [-0.4, -0.2) is 20.8 Å². The number of hydrogen-bond acceptors (Lipinski definition) is 3. The number of ether oxygens (including phenoxy) is 2. The SMILES string of the molecule is COc1ccc(C2CN2c2ccc(Cl)cc2)cc1OC.